The van der Waals surface area contributed by atoms with Crippen molar-refractivity contribution < 1.29 is 0 Å². The highest BCUT2D eigenvalue weighted by molar-refractivity contribution is 9.10. The maximum atomic E-state index is 4.42. The van der Waals surface area contributed by atoms with Crippen LogP contribution in [0.3, 0.4) is 0 Å². The van der Waals surface area contributed by atoms with Gasteiger partial charge < -0.3 is 4.57 Å². The van der Waals surface area contributed by atoms with Gasteiger partial charge in [0, 0.05) is 16.9 Å². The zero-order valence-electron chi connectivity index (χ0n) is 13.4. The third-order valence-corrected chi connectivity index (χ3v) is 4.56. The van der Waals surface area contributed by atoms with Crippen molar-refractivity contribution in [3.05, 3.63) is 101 Å². The minimum atomic E-state index is -0.0554. The smallest absolute Gasteiger partial charge is 0.110 e. The molecular formula is C19H16BrN5. The standard InChI is InChI=1S/C19H16BrN5/c20-17-8-6-16(7-9-17)19(24-11-10-21-14-24)18-13-25(23-22-18)12-15-4-2-1-3-5-15/h1-11,13-14,19H,12H2. The van der Waals surface area contributed by atoms with E-state index in [9.17, 15) is 0 Å². The molecule has 0 aliphatic heterocycles. The van der Waals surface area contributed by atoms with Crippen LogP contribution in [0.15, 0.2) is 84.0 Å². The number of rotatable bonds is 5. The molecule has 0 N–H and O–H groups in total. The Morgan fingerprint density at radius 1 is 1.00 bits per heavy atom. The fraction of sp³-hybridized carbons (Fsp3) is 0.105. The number of imidazole rings is 1. The summed E-state index contributed by atoms with van der Waals surface area (Å²) in [5, 5.41) is 8.73. The van der Waals surface area contributed by atoms with Crippen molar-refractivity contribution in [2.45, 2.75) is 12.6 Å². The molecule has 2 aromatic carbocycles. The molecule has 6 heteroatoms. The van der Waals surface area contributed by atoms with Crippen molar-refractivity contribution in [1.82, 2.24) is 24.5 Å². The van der Waals surface area contributed by atoms with Gasteiger partial charge in [0.2, 0.25) is 0 Å². The molecule has 0 aliphatic carbocycles. The lowest BCUT2D eigenvalue weighted by atomic mass is 10.0. The molecule has 25 heavy (non-hydrogen) atoms. The van der Waals surface area contributed by atoms with E-state index in [4.69, 9.17) is 0 Å². The summed E-state index contributed by atoms with van der Waals surface area (Å²) in [5.41, 5.74) is 3.21. The van der Waals surface area contributed by atoms with Gasteiger partial charge in [-0.2, -0.15) is 0 Å². The zero-order chi connectivity index (χ0) is 17.1. The van der Waals surface area contributed by atoms with E-state index in [1.165, 1.54) is 5.56 Å². The predicted octanol–water partition coefficient (Wildman–Crippen LogP) is 3.92. The Balaban J connectivity index is 1.67. The van der Waals surface area contributed by atoms with E-state index >= 15 is 0 Å². The molecule has 2 heterocycles. The first-order valence-corrected chi connectivity index (χ1v) is 8.76. The molecule has 5 nitrogen and oxygen atoms in total. The molecule has 0 saturated carbocycles. The topological polar surface area (TPSA) is 48.5 Å². The van der Waals surface area contributed by atoms with E-state index < -0.39 is 0 Å². The van der Waals surface area contributed by atoms with Crippen molar-refractivity contribution in [3.63, 3.8) is 0 Å². The summed E-state index contributed by atoms with van der Waals surface area (Å²) < 4.78 is 4.96. The number of nitrogens with zero attached hydrogens (tertiary/aromatic N) is 5. The largest absolute Gasteiger partial charge is 0.324 e. The number of aromatic nitrogens is 5. The monoisotopic (exact) mass is 393 g/mol. The van der Waals surface area contributed by atoms with Crippen LogP contribution in [0.5, 0.6) is 0 Å². The molecule has 124 valence electrons. The second-order valence-corrected chi connectivity index (χ2v) is 6.71. The lowest BCUT2D eigenvalue weighted by Gasteiger charge is -2.16. The Labute approximate surface area is 154 Å². The van der Waals surface area contributed by atoms with Crippen LogP contribution >= 0.6 is 15.9 Å². The van der Waals surface area contributed by atoms with Gasteiger partial charge in [0.1, 0.15) is 11.7 Å². The van der Waals surface area contributed by atoms with Crippen LogP contribution in [0.2, 0.25) is 0 Å². The minimum Gasteiger partial charge on any atom is -0.324 e. The highest BCUT2D eigenvalue weighted by atomic mass is 79.9. The van der Waals surface area contributed by atoms with E-state index in [2.05, 4.69) is 55.5 Å². The molecule has 1 atom stereocenters. The molecule has 0 spiro atoms. The van der Waals surface area contributed by atoms with Gasteiger partial charge in [-0.1, -0.05) is 63.6 Å². The van der Waals surface area contributed by atoms with Gasteiger partial charge in [-0.05, 0) is 23.3 Å². The van der Waals surface area contributed by atoms with Crippen LogP contribution < -0.4 is 0 Å². The van der Waals surface area contributed by atoms with Gasteiger partial charge >= 0.3 is 0 Å². The molecule has 0 amide bonds. The second kappa shape index (κ2) is 7.03. The van der Waals surface area contributed by atoms with Crippen molar-refractivity contribution in [1.29, 1.82) is 0 Å². The Bertz CT molecular complexity index is 930. The highest BCUT2D eigenvalue weighted by Gasteiger charge is 2.19. The lowest BCUT2D eigenvalue weighted by Crippen LogP contribution is -2.11. The molecule has 1 unspecified atom stereocenters. The first-order chi connectivity index (χ1) is 12.3. The highest BCUT2D eigenvalue weighted by Crippen LogP contribution is 2.26. The maximum absolute atomic E-state index is 4.42. The van der Waals surface area contributed by atoms with Crippen LogP contribution in [0, 0.1) is 0 Å². The molecule has 0 fully saturated rings. The fourth-order valence-corrected chi connectivity index (χ4v) is 3.11. The summed E-state index contributed by atoms with van der Waals surface area (Å²) in [6.45, 7) is 0.699. The average molecular weight is 394 g/mol. The van der Waals surface area contributed by atoms with Crippen LogP contribution in [0.25, 0.3) is 0 Å². The van der Waals surface area contributed by atoms with Crippen LogP contribution in [0.1, 0.15) is 22.9 Å². The Morgan fingerprint density at radius 3 is 2.52 bits per heavy atom. The van der Waals surface area contributed by atoms with Crippen LogP contribution in [-0.2, 0) is 6.54 Å². The molecule has 0 radical (unpaired) electrons. The van der Waals surface area contributed by atoms with Crippen molar-refractivity contribution in [2.24, 2.45) is 0 Å². The SMILES string of the molecule is Brc1ccc(C(c2cn(Cc3ccccc3)nn2)n2ccnc2)cc1. The van der Waals surface area contributed by atoms with Crippen LogP contribution in [-0.4, -0.2) is 24.5 Å². The Hall–Kier alpha value is -2.73. The van der Waals surface area contributed by atoms with Crippen molar-refractivity contribution in [3.8, 4) is 0 Å². The minimum absolute atomic E-state index is 0.0554. The first-order valence-electron chi connectivity index (χ1n) is 7.96. The molecule has 2 aromatic heterocycles. The predicted molar refractivity (Wildman–Crippen MR) is 99.2 cm³/mol. The summed E-state index contributed by atoms with van der Waals surface area (Å²) in [4.78, 5) is 4.18. The average Bonchev–Trinajstić information content (AvgIpc) is 3.31. The summed E-state index contributed by atoms with van der Waals surface area (Å²) in [6, 6.07) is 18.4. The van der Waals surface area contributed by atoms with E-state index in [0.717, 1.165) is 15.7 Å². The quantitative estimate of drug-likeness (QED) is 0.516. The molecule has 4 aromatic rings. The van der Waals surface area contributed by atoms with Gasteiger partial charge in [-0.25, -0.2) is 9.67 Å². The first kappa shape index (κ1) is 15.8. The number of benzene rings is 2. The molecule has 0 saturated heterocycles. The molecule has 0 bridgehead atoms. The van der Waals surface area contributed by atoms with Crippen molar-refractivity contribution >= 4 is 15.9 Å². The number of halogens is 1. The Kier molecular flexibility index (Phi) is 4.43. The second-order valence-electron chi connectivity index (χ2n) is 5.79. The lowest BCUT2D eigenvalue weighted by molar-refractivity contribution is 0.640. The van der Waals surface area contributed by atoms with Gasteiger partial charge in [-0.3, -0.25) is 0 Å². The number of hydrogen-bond acceptors (Lipinski definition) is 3. The van der Waals surface area contributed by atoms with E-state index in [1.54, 1.807) is 6.20 Å². The summed E-state index contributed by atoms with van der Waals surface area (Å²) in [5.74, 6) is 0. The zero-order valence-corrected chi connectivity index (χ0v) is 15.0. The van der Waals surface area contributed by atoms with Gasteiger partial charge in [0.15, 0.2) is 0 Å². The molecule has 4 rings (SSSR count). The number of hydrogen-bond donors (Lipinski definition) is 0. The molecule has 0 aliphatic rings. The van der Waals surface area contributed by atoms with Crippen molar-refractivity contribution in [2.75, 3.05) is 0 Å². The third kappa shape index (κ3) is 3.53. The van der Waals surface area contributed by atoms with Gasteiger partial charge in [-0.15, -0.1) is 5.10 Å². The normalized spacial score (nSPS) is 12.2. The summed E-state index contributed by atoms with van der Waals surface area (Å²) in [6.07, 6.45) is 7.53. The molecular weight excluding hydrogens is 378 g/mol. The fourth-order valence-electron chi connectivity index (χ4n) is 2.85. The Morgan fingerprint density at radius 2 is 1.80 bits per heavy atom. The van der Waals surface area contributed by atoms with E-state index in [1.807, 2.05) is 58.3 Å². The summed E-state index contributed by atoms with van der Waals surface area (Å²) >= 11 is 3.49. The van der Waals surface area contributed by atoms with Crippen LogP contribution in [0.4, 0.5) is 0 Å². The van der Waals surface area contributed by atoms with E-state index in [-0.39, 0.29) is 6.04 Å². The van der Waals surface area contributed by atoms with E-state index in [0.29, 0.717) is 6.54 Å². The maximum Gasteiger partial charge on any atom is 0.110 e. The van der Waals surface area contributed by atoms with Gasteiger partial charge in [0.25, 0.3) is 0 Å². The third-order valence-electron chi connectivity index (χ3n) is 4.03. The van der Waals surface area contributed by atoms with Gasteiger partial charge in [0.05, 0.1) is 19.1 Å². The summed E-state index contributed by atoms with van der Waals surface area (Å²) in [7, 11) is 0.